The van der Waals surface area contributed by atoms with E-state index in [1.165, 1.54) is 11.1 Å². The molecule has 0 radical (unpaired) electrons. The van der Waals surface area contributed by atoms with Gasteiger partial charge in [-0.25, -0.2) is 9.59 Å². The maximum absolute atomic E-state index is 12.5. The maximum Gasteiger partial charge on any atom is 0.334 e. The Labute approximate surface area is 261 Å². The fourth-order valence-electron chi connectivity index (χ4n) is 5.83. The number of allylic oxidation sites excluding steroid dienone is 1. The Bertz CT molecular complexity index is 1580. The number of carboxylic acid groups (broad SMARTS) is 2. The van der Waals surface area contributed by atoms with Crippen molar-refractivity contribution in [2.24, 2.45) is 0 Å². The van der Waals surface area contributed by atoms with E-state index in [9.17, 15) is 19.8 Å². The van der Waals surface area contributed by atoms with Crippen molar-refractivity contribution < 1.29 is 24.5 Å². The predicted molar refractivity (Wildman–Crippen MR) is 170 cm³/mol. The summed E-state index contributed by atoms with van der Waals surface area (Å²) in [5.41, 5.74) is 3.18. The van der Waals surface area contributed by atoms with E-state index in [-0.39, 0.29) is 24.5 Å². The van der Waals surface area contributed by atoms with Crippen molar-refractivity contribution in [3.8, 4) is 0 Å². The summed E-state index contributed by atoms with van der Waals surface area (Å²) >= 11 is 6.39. The Morgan fingerprint density at radius 2 is 1.30 bits per heavy atom. The van der Waals surface area contributed by atoms with Crippen LogP contribution >= 0.6 is 11.6 Å². The van der Waals surface area contributed by atoms with E-state index in [0.717, 1.165) is 16.7 Å². The molecule has 5 rings (SSSR count). The van der Waals surface area contributed by atoms with Crippen LogP contribution in [0.1, 0.15) is 35.1 Å². The van der Waals surface area contributed by atoms with Gasteiger partial charge in [-0.3, -0.25) is 5.32 Å². The molecule has 0 bridgehead atoms. The minimum Gasteiger partial charge on any atom is -0.478 e. The molecule has 8 heteroatoms. The van der Waals surface area contributed by atoms with Gasteiger partial charge in [-0.15, -0.1) is 0 Å². The molecule has 4 aromatic rings. The first-order chi connectivity index (χ1) is 21.3. The zero-order valence-corrected chi connectivity index (χ0v) is 24.9. The van der Waals surface area contributed by atoms with Gasteiger partial charge in [0.2, 0.25) is 0 Å². The number of ether oxygens (including phenoxy) is 1. The summed E-state index contributed by atoms with van der Waals surface area (Å²) in [6.45, 7) is 2.32. The molecule has 0 saturated carbocycles. The van der Waals surface area contributed by atoms with Crippen LogP contribution in [0, 0.1) is 0 Å². The topological polar surface area (TPSA) is 99.1 Å². The first-order valence-corrected chi connectivity index (χ1v) is 14.6. The molecule has 1 unspecified atom stereocenters. The van der Waals surface area contributed by atoms with Crippen molar-refractivity contribution in [3.63, 3.8) is 0 Å². The van der Waals surface area contributed by atoms with Gasteiger partial charge in [0.05, 0.1) is 29.2 Å². The second-order valence-corrected chi connectivity index (χ2v) is 10.8. The van der Waals surface area contributed by atoms with E-state index in [4.69, 9.17) is 16.3 Å². The summed E-state index contributed by atoms with van der Waals surface area (Å²) in [6, 6.07) is 37.3. The number of halogens is 1. The molecule has 7 nitrogen and oxygen atoms in total. The average Bonchev–Trinajstić information content (AvgIpc) is 3.04. The Kier molecular flexibility index (Phi) is 9.60. The first kappa shape index (κ1) is 30.8. The van der Waals surface area contributed by atoms with E-state index >= 15 is 0 Å². The summed E-state index contributed by atoms with van der Waals surface area (Å²) in [5.74, 6) is -3.48. The van der Waals surface area contributed by atoms with Gasteiger partial charge in [-0.05, 0) is 35.2 Å². The van der Waals surface area contributed by atoms with Crippen molar-refractivity contribution in [3.05, 3.63) is 166 Å². The second-order valence-electron chi connectivity index (χ2n) is 10.4. The summed E-state index contributed by atoms with van der Waals surface area (Å²) in [7, 11) is 0. The lowest BCUT2D eigenvalue weighted by molar-refractivity contribution is -0.133. The molecule has 3 N–H and O–H groups in total. The fraction of sp³-hybridized carbons (Fsp3) is 0.167. The van der Waals surface area contributed by atoms with Crippen molar-refractivity contribution in [1.82, 2.24) is 10.2 Å². The number of nitrogens with zero attached hydrogens (tertiary/aromatic N) is 1. The first-order valence-electron chi connectivity index (χ1n) is 14.2. The van der Waals surface area contributed by atoms with Gasteiger partial charge < -0.3 is 19.8 Å². The Morgan fingerprint density at radius 3 is 1.77 bits per heavy atom. The summed E-state index contributed by atoms with van der Waals surface area (Å²) in [5, 5.41) is 24.3. The lowest BCUT2D eigenvalue weighted by atomic mass is 9.77. The SMILES string of the molecule is CC1=C(C(=O)O)C(c2ccccc2Cl)C(C(=O)O)=CN1COCCNC(c1ccccc1)(c1ccccc1)c1ccccc1. The largest absolute Gasteiger partial charge is 0.478 e. The van der Waals surface area contributed by atoms with E-state index in [0.29, 0.717) is 22.8 Å². The summed E-state index contributed by atoms with van der Waals surface area (Å²) in [6.07, 6.45) is 1.44. The van der Waals surface area contributed by atoms with Crippen LogP contribution in [0.3, 0.4) is 0 Å². The molecule has 0 amide bonds. The third-order valence-corrected chi connectivity index (χ3v) is 8.24. The highest BCUT2D eigenvalue weighted by atomic mass is 35.5. The lowest BCUT2D eigenvalue weighted by Gasteiger charge is -2.37. The van der Waals surface area contributed by atoms with E-state index in [1.54, 1.807) is 31.2 Å². The summed E-state index contributed by atoms with van der Waals surface area (Å²) < 4.78 is 6.04. The molecule has 1 heterocycles. The van der Waals surface area contributed by atoms with Crippen LogP contribution in [-0.2, 0) is 19.9 Å². The van der Waals surface area contributed by atoms with Gasteiger partial charge in [-0.2, -0.15) is 0 Å². The Balaban J connectivity index is 1.39. The highest BCUT2D eigenvalue weighted by Crippen LogP contribution is 2.41. The van der Waals surface area contributed by atoms with Crippen LogP contribution in [-0.4, -0.2) is 46.9 Å². The fourth-order valence-corrected chi connectivity index (χ4v) is 6.07. The number of nitrogens with one attached hydrogen (secondary N) is 1. The smallest absolute Gasteiger partial charge is 0.334 e. The van der Waals surface area contributed by atoms with Crippen LogP contribution in [0.15, 0.2) is 138 Å². The number of hydrogen-bond donors (Lipinski definition) is 3. The number of aliphatic carboxylic acids is 2. The van der Waals surface area contributed by atoms with Crippen LogP contribution in [0.25, 0.3) is 0 Å². The standard InChI is InChI=1S/C36H33ClN2O5/c1-25-32(35(42)43)33(29-19-11-12-20-31(29)37)30(34(40)41)23-39(25)24-44-22-21-38-36(26-13-5-2-6-14-26,27-15-7-3-8-16-27)28-17-9-4-10-18-28/h2-20,23,33,38H,21-22,24H2,1H3,(H,40,41)(H,42,43). The monoisotopic (exact) mass is 608 g/mol. The molecule has 0 aliphatic carbocycles. The van der Waals surface area contributed by atoms with Gasteiger partial charge >= 0.3 is 11.9 Å². The van der Waals surface area contributed by atoms with Crippen LogP contribution in [0.4, 0.5) is 0 Å². The number of carbonyl (C=O) groups is 2. The molecule has 0 aromatic heterocycles. The molecule has 4 aromatic carbocycles. The number of carboxylic acids is 2. The highest BCUT2D eigenvalue weighted by Gasteiger charge is 2.38. The van der Waals surface area contributed by atoms with E-state index < -0.39 is 23.4 Å². The molecule has 1 aliphatic rings. The average molecular weight is 609 g/mol. The third-order valence-electron chi connectivity index (χ3n) is 7.90. The Morgan fingerprint density at radius 1 is 0.795 bits per heavy atom. The van der Waals surface area contributed by atoms with Crippen molar-refractivity contribution in [2.45, 2.75) is 18.4 Å². The Hall–Kier alpha value is -4.69. The van der Waals surface area contributed by atoms with E-state index in [2.05, 4.69) is 41.7 Å². The molecule has 1 aliphatic heterocycles. The van der Waals surface area contributed by atoms with Gasteiger partial charge in [-0.1, -0.05) is 121 Å². The minimum absolute atomic E-state index is 0.0364. The maximum atomic E-state index is 12.5. The third kappa shape index (κ3) is 6.17. The van der Waals surface area contributed by atoms with Crippen LogP contribution < -0.4 is 5.32 Å². The van der Waals surface area contributed by atoms with Gasteiger partial charge in [0, 0.05) is 23.5 Å². The van der Waals surface area contributed by atoms with Gasteiger partial charge in [0.25, 0.3) is 0 Å². The van der Waals surface area contributed by atoms with Crippen LogP contribution in [0.5, 0.6) is 0 Å². The van der Waals surface area contributed by atoms with E-state index in [1.807, 2.05) is 54.6 Å². The lowest BCUT2D eigenvalue weighted by Crippen LogP contribution is -2.46. The van der Waals surface area contributed by atoms with Crippen molar-refractivity contribution in [2.75, 3.05) is 19.9 Å². The van der Waals surface area contributed by atoms with Gasteiger partial charge in [0.1, 0.15) is 6.73 Å². The number of rotatable bonds is 12. The predicted octanol–water partition coefficient (Wildman–Crippen LogP) is 6.62. The minimum atomic E-state index is -1.23. The van der Waals surface area contributed by atoms with Crippen molar-refractivity contribution in [1.29, 1.82) is 0 Å². The number of hydrogen-bond acceptors (Lipinski definition) is 5. The van der Waals surface area contributed by atoms with Gasteiger partial charge in [0.15, 0.2) is 0 Å². The summed E-state index contributed by atoms with van der Waals surface area (Å²) in [4.78, 5) is 26.3. The second kappa shape index (κ2) is 13.7. The molecular formula is C36H33ClN2O5. The van der Waals surface area contributed by atoms with Crippen LogP contribution in [0.2, 0.25) is 5.02 Å². The normalized spacial score (nSPS) is 15.2. The number of benzene rings is 4. The van der Waals surface area contributed by atoms with Crippen molar-refractivity contribution >= 4 is 23.5 Å². The molecule has 0 spiro atoms. The zero-order valence-electron chi connectivity index (χ0n) is 24.2. The molecular weight excluding hydrogens is 576 g/mol. The molecule has 224 valence electrons. The molecule has 1 atom stereocenters. The molecule has 44 heavy (non-hydrogen) atoms. The molecule has 0 saturated heterocycles. The molecule has 0 fully saturated rings. The quantitative estimate of drug-likeness (QED) is 0.123. The highest BCUT2D eigenvalue weighted by molar-refractivity contribution is 6.31. The zero-order chi connectivity index (χ0) is 31.1.